The standard InChI is InChI=1S/C21H37F/c1-14-4-7-17(8-5-14)18-10-11-20(16(3)12-18)19-9-6-15(2)21(22)13-19/h14-21H,4-13H2,1-3H3. The first-order chi connectivity index (χ1) is 10.5. The maximum atomic E-state index is 14.1. The van der Waals surface area contributed by atoms with Crippen molar-refractivity contribution in [3.8, 4) is 0 Å². The van der Waals surface area contributed by atoms with E-state index in [1.807, 2.05) is 0 Å². The third-order valence-corrected chi connectivity index (χ3v) is 7.75. The molecule has 0 N–H and O–H groups in total. The van der Waals surface area contributed by atoms with E-state index in [0.29, 0.717) is 11.8 Å². The molecule has 6 unspecified atom stereocenters. The highest BCUT2D eigenvalue weighted by Gasteiger charge is 2.39. The molecule has 0 heterocycles. The van der Waals surface area contributed by atoms with Gasteiger partial charge in [-0.2, -0.15) is 0 Å². The Balaban J connectivity index is 1.52. The molecule has 0 radical (unpaired) electrons. The lowest BCUT2D eigenvalue weighted by Crippen LogP contribution is -2.36. The zero-order valence-corrected chi connectivity index (χ0v) is 15.1. The molecule has 1 heteroatoms. The van der Waals surface area contributed by atoms with Crippen LogP contribution in [0.3, 0.4) is 0 Å². The van der Waals surface area contributed by atoms with Crippen molar-refractivity contribution in [1.29, 1.82) is 0 Å². The van der Waals surface area contributed by atoms with Crippen LogP contribution < -0.4 is 0 Å². The van der Waals surface area contributed by atoms with Gasteiger partial charge in [0, 0.05) is 0 Å². The van der Waals surface area contributed by atoms with Crippen molar-refractivity contribution in [2.75, 3.05) is 0 Å². The second-order valence-electron chi connectivity index (χ2n) is 9.30. The van der Waals surface area contributed by atoms with Crippen LogP contribution in [0.1, 0.15) is 85.0 Å². The van der Waals surface area contributed by atoms with Crippen LogP contribution in [0, 0.1) is 41.4 Å². The fourth-order valence-electron chi connectivity index (χ4n) is 6.03. The lowest BCUT2D eigenvalue weighted by Gasteiger charge is -2.45. The summed E-state index contributed by atoms with van der Waals surface area (Å²) in [6, 6.07) is 0. The van der Waals surface area contributed by atoms with E-state index in [1.54, 1.807) is 0 Å². The van der Waals surface area contributed by atoms with Gasteiger partial charge in [-0.1, -0.05) is 33.6 Å². The monoisotopic (exact) mass is 308 g/mol. The number of hydrogen-bond acceptors (Lipinski definition) is 0. The van der Waals surface area contributed by atoms with E-state index >= 15 is 0 Å². The lowest BCUT2D eigenvalue weighted by molar-refractivity contribution is 0.0393. The topological polar surface area (TPSA) is 0 Å². The van der Waals surface area contributed by atoms with Gasteiger partial charge in [0.25, 0.3) is 0 Å². The van der Waals surface area contributed by atoms with Gasteiger partial charge in [0.15, 0.2) is 0 Å². The quantitative estimate of drug-likeness (QED) is 0.536. The van der Waals surface area contributed by atoms with E-state index in [1.165, 1.54) is 51.4 Å². The van der Waals surface area contributed by atoms with E-state index in [9.17, 15) is 4.39 Å². The summed E-state index contributed by atoms with van der Waals surface area (Å²) in [6.07, 6.45) is 12.9. The summed E-state index contributed by atoms with van der Waals surface area (Å²) in [4.78, 5) is 0. The fraction of sp³-hybridized carbons (Fsp3) is 1.00. The van der Waals surface area contributed by atoms with Crippen LogP contribution >= 0.6 is 0 Å². The van der Waals surface area contributed by atoms with Crippen LogP contribution in [-0.4, -0.2) is 6.17 Å². The van der Waals surface area contributed by atoms with Crippen LogP contribution in [-0.2, 0) is 0 Å². The van der Waals surface area contributed by atoms with Crippen molar-refractivity contribution in [3.05, 3.63) is 0 Å². The minimum Gasteiger partial charge on any atom is -0.247 e. The lowest BCUT2D eigenvalue weighted by atomic mass is 9.61. The second-order valence-corrected chi connectivity index (χ2v) is 9.30. The van der Waals surface area contributed by atoms with Crippen molar-refractivity contribution in [2.45, 2.75) is 91.2 Å². The molecule has 22 heavy (non-hydrogen) atoms. The molecule has 128 valence electrons. The minimum absolute atomic E-state index is 0.312. The van der Waals surface area contributed by atoms with Crippen molar-refractivity contribution in [1.82, 2.24) is 0 Å². The first-order valence-corrected chi connectivity index (χ1v) is 10.2. The van der Waals surface area contributed by atoms with Crippen molar-refractivity contribution >= 4 is 0 Å². The highest BCUT2D eigenvalue weighted by Crippen LogP contribution is 2.48. The molecule has 6 atom stereocenters. The molecule has 3 aliphatic carbocycles. The van der Waals surface area contributed by atoms with Gasteiger partial charge >= 0.3 is 0 Å². The van der Waals surface area contributed by atoms with E-state index in [4.69, 9.17) is 0 Å². The number of halogens is 1. The largest absolute Gasteiger partial charge is 0.247 e. The molecule has 0 saturated heterocycles. The fourth-order valence-corrected chi connectivity index (χ4v) is 6.03. The Bertz CT molecular complexity index is 344. The average Bonchev–Trinajstić information content (AvgIpc) is 2.51. The Kier molecular flexibility index (Phi) is 5.51. The maximum Gasteiger partial charge on any atom is 0.103 e. The first-order valence-electron chi connectivity index (χ1n) is 10.2. The van der Waals surface area contributed by atoms with E-state index in [2.05, 4.69) is 20.8 Å². The molecular weight excluding hydrogens is 271 g/mol. The van der Waals surface area contributed by atoms with Gasteiger partial charge in [-0.05, 0) is 92.8 Å². The van der Waals surface area contributed by atoms with Gasteiger partial charge in [-0.15, -0.1) is 0 Å². The highest BCUT2D eigenvalue weighted by molar-refractivity contribution is 4.89. The van der Waals surface area contributed by atoms with Crippen molar-refractivity contribution in [2.24, 2.45) is 41.4 Å². The highest BCUT2D eigenvalue weighted by atomic mass is 19.1. The van der Waals surface area contributed by atoms with Gasteiger partial charge < -0.3 is 0 Å². The Hall–Kier alpha value is -0.0700. The molecule has 0 aromatic heterocycles. The Morgan fingerprint density at radius 1 is 0.591 bits per heavy atom. The van der Waals surface area contributed by atoms with Crippen LogP contribution in [0.25, 0.3) is 0 Å². The number of hydrogen-bond donors (Lipinski definition) is 0. The normalized spacial score (nSPS) is 50.7. The van der Waals surface area contributed by atoms with Gasteiger partial charge in [0.1, 0.15) is 6.17 Å². The minimum atomic E-state index is -0.525. The molecule has 3 fully saturated rings. The number of rotatable bonds is 2. The van der Waals surface area contributed by atoms with Gasteiger partial charge in [0.2, 0.25) is 0 Å². The SMILES string of the molecule is CC1CCC(C2CCC(C3CCC(C)C(F)C3)C(C)C2)CC1. The Morgan fingerprint density at radius 2 is 1.23 bits per heavy atom. The van der Waals surface area contributed by atoms with Crippen molar-refractivity contribution < 1.29 is 4.39 Å². The average molecular weight is 309 g/mol. The Labute approximate surface area is 137 Å². The molecule has 3 rings (SSSR count). The molecule has 0 nitrogen and oxygen atoms in total. The Morgan fingerprint density at radius 3 is 1.86 bits per heavy atom. The molecule has 0 spiro atoms. The van der Waals surface area contributed by atoms with Crippen LogP contribution in [0.2, 0.25) is 0 Å². The zero-order valence-electron chi connectivity index (χ0n) is 15.1. The van der Waals surface area contributed by atoms with E-state index < -0.39 is 6.17 Å². The zero-order chi connectivity index (χ0) is 15.7. The van der Waals surface area contributed by atoms with Crippen LogP contribution in [0.5, 0.6) is 0 Å². The molecule has 0 aliphatic heterocycles. The summed E-state index contributed by atoms with van der Waals surface area (Å²) >= 11 is 0. The summed E-state index contributed by atoms with van der Waals surface area (Å²) in [5.74, 6) is 5.63. The molecular formula is C21H37F. The molecule has 0 bridgehead atoms. The molecule has 3 aliphatic rings. The third-order valence-electron chi connectivity index (χ3n) is 7.75. The smallest absolute Gasteiger partial charge is 0.103 e. The summed E-state index contributed by atoms with van der Waals surface area (Å²) < 4.78 is 14.1. The van der Waals surface area contributed by atoms with Gasteiger partial charge in [0.05, 0.1) is 0 Å². The molecule has 0 aromatic carbocycles. The third kappa shape index (κ3) is 3.70. The second kappa shape index (κ2) is 7.22. The predicted molar refractivity (Wildman–Crippen MR) is 92.5 cm³/mol. The maximum absolute atomic E-state index is 14.1. The summed E-state index contributed by atoms with van der Waals surface area (Å²) in [6.45, 7) is 7.01. The predicted octanol–water partition coefficient (Wildman–Crippen LogP) is 6.64. The van der Waals surface area contributed by atoms with Crippen LogP contribution in [0.15, 0.2) is 0 Å². The summed E-state index contributed by atoms with van der Waals surface area (Å²) in [5.41, 5.74) is 0. The van der Waals surface area contributed by atoms with Gasteiger partial charge in [-0.25, -0.2) is 4.39 Å². The van der Waals surface area contributed by atoms with Gasteiger partial charge in [-0.3, -0.25) is 0 Å². The molecule has 3 saturated carbocycles. The summed E-state index contributed by atoms with van der Waals surface area (Å²) in [7, 11) is 0. The molecule has 0 amide bonds. The van der Waals surface area contributed by atoms with Crippen LogP contribution in [0.4, 0.5) is 4.39 Å². The molecule has 0 aromatic rings. The summed E-state index contributed by atoms with van der Waals surface area (Å²) in [5, 5.41) is 0. The van der Waals surface area contributed by atoms with Crippen molar-refractivity contribution in [3.63, 3.8) is 0 Å². The number of alkyl halides is 1. The first kappa shape index (κ1) is 16.8. The van der Waals surface area contributed by atoms with E-state index in [0.717, 1.165) is 42.4 Å². The van der Waals surface area contributed by atoms with E-state index in [-0.39, 0.29) is 0 Å².